The Labute approximate surface area is 272 Å². The maximum Gasteiger partial charge on any atom is 0.338 e. The molecule has 0 heterocycles. The number of carbonyl (C=O) groups is 5. The number of aliphatic hydroxyl groups is 2. The van der Waals surface area contributed by atoms with E-state index < -0.39 is 108 Å². The van der Waals surface area contributed by atoms with Crippen LogP contribution in [0.1, 0.15) is 43.7 Å². The van der Waals surface area contributed by atoms with Crippen molar-refractivity contribution in [3.63, 3.8) is 0 Å². The van der Waals surface area contributed by atoms with Crippen LogP contribution in [0.15, 0.2) is 48.6 Å². The molecule has 1 fully saturated rings. The number of phenolic OH excluding ortho intramolecular Hbond substituents is 4. The van der Waals surface area contributed by atoms with Gasteiger partial charge < -0.3 is 54.7 Å². The van der Waals surface area contributed by atoms with Gasteiger partial charge in [-0.15, -0.1) is 0 Å². The van der Waals surface area contributed by atoms with Gasteiger partial charge in [-0.2, -0.15) is 0 Å². The van der Waals surface area contributed by atoms with Crippen molar-refractivity contribution in [2.24, 2.45) is 0 Å². The summed E-state index contributed by atoms with van der Waals surface area (Å²) < 4.78 is 21.0. The number of carboxylic acid groups (broad SMARTS) is 1. The minimum Gasteiger partial charge on any atom is -0.504 e. The third kappa shape index (κ3) is 10.2. The second kappa shape index (κ2) is 15.3. The molecule has 0 bridgehead atoms. The topological polar surface area (TPSA) is 264 Å². The predicted octanol–water partition coefficient (Wildman–Crippen LogP) is 1.28. The van der Waals surface area contributed by atoms with Crippen LogP contribution in [0, 0.1) is 0 Å². The molecule has 0 spiro atoms. The van der Waals surface area contributed by atoms with Gasteiger partial charge in [-0.3, -0.25) is 9.59 Å². The minimum atomic E-state index is -2.44. The van der Waals surface area contributed by atoms with Gasteiger partial charge in [-0.1, -0.05) is 12.1 Å². The fourth-order valence-corrected chi connectivity index (χ4v) is 4.83. The zero-order chi connectivity index (χ0) is 35.8. The third-order valence-electron chi connectivity index (χ3n) is 7.06. The number of aromatic hydroxyl groups is 4. The van der Waals surface area contributed by atoms with E-state index in [4.69, 9.17) is 19.3 Å². The molecule has 0 aliphatic heterocycles. The number of hydrogen-bond donors (Lipinski definition) is 7. The molecule has 1 saturated carbocycles. The van der Waals surface area contributed by atoms with Crippen molar-refractivity contribution in [3.05, 3.63) is 59.7 Å². The van der Waals surface area contributed by atoms with Crippen LogP contribution >= 0.6 is 0 Å². The number of phenols is 4. The van der Waals surface area contributed by atoms with Crippen molar-refractivity contribution in [2.75, 3.05) is 7.11 Å². The maximum atomic E-state index is 12.9. The number of carboxylic acids is 1. The molecular weight excluding hydrogens is 640 g/mol. The lowest BCUT2D eigenvalue weighted by atomic mass is 9.79. The Morgan fingerprint density at radius 3 is 1.65 bits per heavy atom. The van der Waals surface area contributed by atoms with Crippen LogP contribution in [0.2, 0.25) is 0 Å². The van der Waals surface area contributed by atoms with Crippen molar-refractivity contribution in [1.29, 1.82) is 0 Å². The summed E-state index contributed by atoms with van der Waals surface area (Å²) >= 11 is 0. The van der Waals surface area contributed by atoms with Crippen LogP contribution in [0.25, 0.3) is 12.2 Å². The van der Waals surface area contributed by atoms with Crippen molar-refractivity contribution in [1.82, 2.24) is 0 Å². The Balaban J connectivity index is 1.94. The lowest BCUT2D eigenvalue weighted by Crippen LogP contribution is -2.59. The van der Waals surface area contributed by atoms with E-state index >= 15 is 0 Å². The zero-order valence-corrected chi connectivity index (χ0v) is 25.6. The van der Waals surface area contributed by atoms with E-state index in [1.165, 1.54) is 24.3 Å². The van der Waals surface area contributed by atoms with Gasteiger partial charge in [0, 0.05) is 25.0 Å². The fraction of sp³-hybridized carbons (Fsp3) is 0.344. The number of hydrogen-bond acceptors (Lipinski definition) is 15. The molecule has 48 heavy (non-hydrogen) atoms. The van der Waals surface area contributed by atoms with Crippen molar-refractivity contribution in [3.8, 4) is 23.0 Å². The van der Waals surface area contributed by atoms with Gasteiger partial charge in [0.15, 0.2) is 34.7 Å². The summed E-state index contributed by atoms with van der Waals surface area (Å²) in [6, 6.07) is 7.28. The van der Waals surface area contributed by atoms with Crippen molar-refractivity contribution < 1.29 is 78.7 Å². The molecule has 3 rings (SSSR count). The molecule has 16 nitrogen and oxygen atoms in total. The highest BCUT2D eigenvalue weighted by Crippen LogP contribution is 2.36. The molecule has 0 saturated heterocycles. The van der Waals surface area contributed by atoms with Crippen LogP contribution in [-0.4, -0.2) is 102 Å². The largest absolute Gasteiger partial charge is 0.504 e. The van der Waals surface area contributed by atoms with Crippen LogP contribution in [-0.2, 0) is 42.9 Å². The fourth-order valence-electron chi connectivity index (χ4n) is 4.83. The lowest BCUT2D eigenvalue weighted by Gasteiger charge is -2.42. The maximum absolute atomic E-state index is 12.9. The van der Waals surface area contributed by atoms with Gasteiger partial charge >= 0.3 is 29.8 Å². The number of aliphatic carboxylic acids is 1. The van der Waals surface area contributed by atoms with Crippen molar-refractivity contribution in [2.45, 2.75) is 62.1 Å². The van der Waals surface area contributed by atoms with E-state index in [1.54, 1.807) is 0 Å². The number of rotatable bonds is 12. The monoisotopic (exact) mass is 674 g/mol. The quantitative estimate of drug-likeness (QED) is 0.0723. The second-order valence-corrected chi connectivity index (χ2v) is 11.2. The Morgan fingerprint density at radius 2 is 1.25 bits per heavy atom. The van der Waals surface area contributed by atoms with E-state index in [-0.39, 0.29) is 11.1 Å². The molecule has 2 aromatic rings. The first-order valence-electron chi connectivity index (χ1n) is 14.2. The average molecular weight is 675 g/mol. The number of carbonyl (C=O) groups excluding carboxylic acids is 4. The van der Waals surface area contributed by atoms with Crippen molar-refractivity contribution >= 4 is 42.0 Å². The SMILES string of the molecule is COC(=O)C1(O)C[C@@H](OC(=O)/C=C/c2ccc(O)c(O)c2)C(OC(=O)CC(C)(O)CC(=O)O)[C@H](OC(=O)/C=C/c2ccc(O)c(O)c2)C1. The minimum absolute atomic E-state index is 0.251. The molecule has 7 N–H and O–H groups in total. The molecule has 16 heteroatoms. The van der Waals surface area contributed by atoms with E-state index in [1.807, 2.05) is 0 Å². The van der Waals surface area contributed by atoms with Gasteiger partial charge in [-0.25, -0.2) is 14.4 Å². The molecule has 1 unspecified atom stereocenters. The summed E-state index contributed by atoms with van der Waals surface area (Å²) in [5, 5.41) is 69.1. The van der Waals surface area contributed by atoms with Gasteiger partial charge in [0.25, 0.3) is 0 Å². The molecular formula is C32H34O16. The molecule has 0 aromatic heterocycles. The smallest absolute Gasteiger partial charge is 0.338 e. The van der Waals surface area contributed by atoms with Crippen LogP contribution in [0.5, 0.6) is 23.0 Å². The van der Waals surface area contributed by atoms with Gasteiger partial charge in [0.05, 0.1) is 25.6 Å². The molecule has 1 aliphatic rings. The summed E-state index contributed by atoms with van der Waals surface area (Å²) in [5.41, 5.74) is -4.02. The predicted molar refractivity (Wildman–Crippen MR) is 161 cm³/mol. The first kappa shape index (κ1) is 36.9. The molecule has 258 valence electrons. The summed E-state index contributed by atoms with van der Waals surface area (Å²) in [6.07, 6.45) is -4.14. The zero-order valence-electron chi connectivity index (χ0n) is 25.6. The Kier molecular flexibility index (Phi) is 11.8. The number of esters is 4. The van der Waals surface area contributed by atoms with Crippen LogP contribution in [0.3, 0.4) is 0 Å². The van der Waals surface area contributed by atoms with E-state index in [9.17, 15) is 54.6 Å². The van der Waals surface area contributed by atoms with Crippen LogP contribution < -0.4 is 0 Å². The highest BCUT2D eigenvalue weighted by molar-refractivity contribution is 5.88. The molecule has 2 aromatic carbocycles. The van der Waals surface area contributed by atoms with Gasteiger partial charge in [0.1, 0.15) is 12.2 Å². The van der Waals surface area contributed by atoms with Crippen LogP contribution in [0.4, 0.5) is 0 Å². The molecule has 0 amide bonds. The summed E-state index contributed by atoms with van der Waals surface area (Å²) in [6.45, 7) is 1.06. The van der Waals surface area contributed by atoms with Gasteiger partial charge in [0.2, 0.25) is 0 Å². The highest BCUT2D eigenvalue weighted by atomic mass is 16.6. The first-order chi connectivity index (χ1) is 22.4. The first-order valence-corrected chi connectivity index (χ1v) is 14.2. The second-order valence-electron chi connectivity index (χ2n) is 11.2. The Morgan fingerprint density at radius 1 is 0.792 bits per heavy atom. The Bertz CT molecular complexity index is 1520. The summed E-state index contributed by atoms with van der Waals surface area (Å²) in [5.74, 6) is -7.85. The number of ether oxygens (including phenoxy) is 4. The van der Waals surface area contributed by atoms with E-state index in [0.29, 0.717) is 0 Å². The molecule has 3 atom stereocenters. The number of benzene rings is 2. The Hall–Kier alpha value is -5.61. The summed E-state index contributed by atoms with van der Waals surface area (Å²) in [7, 11) is 0.963. The third-order valence-corrected chi connectivity index (χ3v) is 7.06. The molecule has 1 aliphatic carbocycles. The molecule has 0 radical (unpaired) electrons. The van der Waals surface area contributed by atoms with Gasteiger partial charge in [-0.05, 0) is 54.5 Å². The number of methoxy groups -OCH3 is 1. The lowest BCUT2D eigenvalue weighted by molar-refractivity contribution is -0.215. The normalized spacial score (nSPS) is 22.0. The van der Waals surface area contributed by atoms with E-state index in [0.717, 1.165) is 50.5 Å². The summed E-state index contributed by atoms with van der Waals surface area (Å²) in [4.78, 5) is 62.5. The average Bonchev–Trinajstić information content (AvgIpc) is 2.98. The highest BCUT2D eigenvalue weighted by Gasteiger charge is 2.55. The van der Waals surface area contributed by atoms with E-state index in [2.05, 4.69) is 4.74 Å². The standard InChI is InChI=1S/C32H34O16/c1-31(43,15-25(37)38)16-28(41)48-29-23(46-26(39)9-5-17-3-7-19(33)21(35)11-17)13-32(44,30(42)45-2)14-24(29)47-27(40)10-6-18-4-8-20(34)22(36)12-18/h3-12,23-24,29,33-36,43-44H,13-16H2,1-2H3,(H,37,38)/b9-5+,10-6+/t23-,24-,29?,31?,32?/m1/s1.